The molecule has 1 aliphatic carbocycles. The molecule has 0 saturated heterocycles. The van der Waals surface area contributed by atoms with Crippen molar-refractivity contribution in [3.8, 4) is 39.4 Å². The minimum Gasteiger partial charge on any atom is -0.192 e. The molecular weight excluding hydrogens is 494 g/mol. The molecule has 0 amide bonds. The minimum atomic E-state index is -0.0481. The SMILES string of the molecule is CC1(C)c2ccccc2-c2ccc(-c3cc4cc(-c5ccc(C#N)cc5)c5ccccc5c4c4ccccc34)cc21. The predicted molar refractivity (Wildman–Crippen MR) is 172 cm³/mol. The number of hydrogen-bond donors (Lipinski definition) is 0. The quantitative estimate of drug-likeness (QED) is 0.208. The number of nitriles is 1. The Morgan fingerprint density at radius 1 is 0.488 bits per heavy atom. The van der Waals surface area contributed by atoms with E-state index in [9.17, 15) is 5.26 Å². The van der Waals surface area contributed by atoms with Crippen LogP contribution in [-0.4, -0.2) is 0 Å². The van der Waals surface area contributed by atoms with Crippen LogP contribution in [0, 0.1) is 11.3 Å². The van der Waals surface area contributed by atoms with Crippen LogP contribution in [-0.2, 0) is 5.41 Å². The summed E-state index contributed by atoms with van der Waals surface area (Å²) in [7, 11) is 0. The molecule has 7 aromatic rings. The van der Waals surface area contributed by atoms with E-state index >= 15 is 0 Å². The normalized spacial score (nSPS) is 13.3. The van der Waals surface area contributed by atoms with Gasteiger partial charge in [0.1, 0.15) is 0 Å². The molecule has 0 fully saturated rings. The molecule has 0 heterocycles. The molecule has 0 radical (unpaired) electrons. The van der Waals surface area contributed by atoms with E-state index < -0.39 is 0 Å². The number of nitrogens with zero attached hydrogens (tertiary/aromatic N) is 1. The van der Waals surface area contributed by atoms with Gasteiger partial charge in [-0.25, -0.2) is 0 Å². The lowest BCUT2D eigenvalue weighted by molar-refractivity contribution is 0.660. The van der Waals surface area contributed by atoms with E-state index in [1.54, 1.807) is 0 Å². The first-order chi connectivity index (χ1) is 20.0. The second-order valence-electron chi connectivity index (χ2n) is 11.7. The summed E-state index contributed by atoms with van der Waals surface area (Å²) in [6.45, 7) is 4.69. The van der Waals surface area contributed by atoms with Crippen LogP contribution in [0.5, 0.6) is 0 Å². The molecular formula is C40H27N. The largest absolute Gasteiger partial charge is 0.192 e. The molecule has 1 aliphatic rings. The molecule has 41 heavy (non-hydrogen) atoms. The lowest BCUT2D eigenvalue weighted by atomic mass is 9.81. The maximum atomic E-state index is 9.34. The van der Waals surface area contributed by atoms with Gasteiger partial charge in [-0.2, -0.15) is 5.26 Å². The van der Waals surface area contributed by atoms with Gasteiger partial charge in [0.25, 0.3) is 0 Å². The third kappa shape index (κ3) is 3.41. The van der Waals surface area contributed by atoms with E-state index in [0.29, 0.717) is 5.56 Å². The van der Waals surface area contributed by atoms with Crippen LogP contribution < -0.4 is 0 Å². The van der Waals surface area contributed by atoms with Gasteiger partial charge in [0.05, 0.1) is 11.6 Å². The Balaban J connectivity index is 1.43. The van der Waals surface area contributed by atoms with Gasteiger partial charge in [-0.15, -0.1) is 0 Å². The van der Waals surface area contributed by atoms with Crippen molar-refractivity contribution >= 4 is 32.3 Å². The minimum absolute atomic E-state index is 0.0481. The first kappa shape index (κ1) is 23.7. The fourth-order valence-electron chi connectivity index (χ4n) is 7.05. The lowest BCUT2D eigenvalue weighted by Crippen LogP contribution is -2.14. The van der Waals surface area contributed by atoms with Crippen LogP contribution in [0.25, 0.3) is 65.7 Å². The molecule has 0 saturated carbocycles. The number of fused-ring (bicyclic) bond motifs is 8. The Hall–Kier alpha value is -5.19. The standard InChI is InChI=1S/C40H27N/c1-40(2)37-14-8-7-11-31(37)32-20-19-27(23-38(32)40)36-22-28-21-35(26-17-15-25(24-41)16-18-26)29-9-3-5-12-33(29)39(28)34-13-6-4-10-30(34)36/h3-23H,1-2H3. The second-order valence-corrected chi connectivity index (χ2v) is 11.7. The number of benzene rings is 7. The fraction of sp³-hybridized carbons (Fsp3) is 0.0750. The highest BCUT2D eigenvalue weighted by Crippen LogP contribution is 2.50. The van der Waals surface area contributed by atoms with Gasteiger partial charge in [0, 0.05) is 5.41 Å². The highest BCUT2D eigenvalue weighted by Gasteiger charge is 2.35. The summed E-state index contributed by atoms with van der Waals surface area (Å²) in [5, 5.41) is 16.9. The molecule has 8 rings (SSSR count). The van der Waals surface area contributed by atoms with Crippen LogP contribution in [0.15, 0.2) is 127 Å². The van der Waals surface area contributed by atoms with Crippen molar-refractivity contribution in [1.29, 1.82) is 5.26 Å². The summed E-state index contributed by atoms with van der Waals surface area (Å²) >= 11 is 0. The lowest BCUT2D eigenvalue weighted by Gasteiger charge is -2.22. The summed E-state index contributed by atoms with van der Waals surface area (Å²) in [6, 6.07) is 48.3. The predicted octanol–water partition coefficient (Wildman–Crippen LogP) is 10.7. The average molecular weight is 522 g/mol. The number of rotatable bonds is 2. The zero-order chi connectivity index (χ0) is 27.7. The van der Waals surface area contributed by atoms with E-state index in [1.165, 1.54) is 71.3 Å². The van der Waals surface area contributed by atoms with Gasteiger partial charge < -0.3 is 0 Å². The molecule has 192 valence electrons. The average Bonchev–Trinajstić information content (AvgIpc) is 3.26. The molecule has 0 N–H and O–H groups in total. The van der Waals surface area contributed by atoms with Crippen LogP contribution in [0.1, 0.15) is 30.5 Å². The summed E-state index contributed by atoms with van der Waals surface area (Å²) < 4.78 is 0. The second kappa shape index (κ2) is 8.65. The summed E-state index contributed by atoms with van der Waals surface area (Å²) in [4.78, 5) is 0. The van der Waals surface area contributed by atoms with Crippen molar-refractivity contribution in [3.63, 3.8) is 0 Å². The molecule has 0 aliphatic heterocycles. The monoisotopic (exact) mass is 521 g/mol. The van der Waals surface area contributed by atoms with Crippen LogP contribution in [0.3, 0.4) is 0 Å². The molecule has 0 unspecified atom stereocenters. The van der Waals surface area contributed by atoms with E-state index in [2.05, 4.69) is 135 Å². The summed E-state index contributed by atoms with van der Waals surface area (Å²) in [5.41, 5.74) is 10.9. The Kier molecular flexibility index (Phi) is 5.00. The first-order valence-corrected chi connectivity index (χ1v) is 14.2. The van der Waals surface area contributed by atoms with Crippen molar-refractivity contribution in [3.05, 3.63) is 144 Å². The molecule has 1 heteroatoms. The molecule has 1 nitrogen and oxygen atoms in total. The van der Waals surface area contributed by atoms with Crippen LogP contribution in [0.4, 0.5) is 0 Å². The van der Waals surface area contributed by atoms with Crippen LogP contribution >= 0.6 is 0 Å². The van der Waals surface area contributed by atoms with E-state index in [-0.39, 0.29) is 5.41 Å². The Morgan fingerprint density at radius 2 is 1.02 bits per heavy atom. The maximum Gasteiger partial charge on any atom is 0.0991 e. The molecule has 7 aromatic carbocycles. The van der Waals surface area contributed by atoms with Crippen molar-refractivity contribution < 1.29 is 0 Å². The van der Waals surface area contributed by atoms with Gasteiger partial charge >= 0.3 is 0 Å². The van der Waals surface area contributed by atoms with Gasteiger partial charge in [-0.05, 0) is 107 Å². The van der Waals surface area contributed by atoms with Crippen molar-refractivity contribution in [2.24, 2.45) is 0 Å². The highest BCUT2D eigenvalue weighted by atomic mass is 14.4. The van der Waals surface area contributed by atoms with Crippen molar-refractivity contribution in [1.82, 2.24) is 0 Å². The topological polar surface area (TPSA) is 23.8 Å². The zero-order valence-electron chi connectivity index (χ0n) is 23.1. The fourth-order valence-corrected chi connectivity index (χ4v) is 7.05. The van der Waals surface area contributed by atoms with Gasteiger partial charge in [0.15, 0.2) is 0 Å². The van der Waals surface area contributed by atoms with E-state index in [1.807, 2.05) is 12.1 Å². The van der Waals surface area contributed by atoms with Crippen molar-refractivity contribution in [2.45, 2.75) is 19.3 Å². The maximum absolute atomic E-state index is 9.34. The number of hydrogen-bond acceptors (Lipinski definition) is 1. The summed E-state index contributed by atoms with van der Waals surface area (Å²) in [5.74, 6) is 0. The molecule has 0 bridgehead atoms. The van der Waals surface area contributed by atoms with Gasteiger partial charge in [-0.3, -0.25) is 0 Å². The van der Waals surface area contributed by atoms with E-state index in [4.69, 9.17) is 0 Å². The third-order valence-corrected chi connectivity index (χ3v) is 9.08. The van der Waals surface area contributed by atoms with Gasteiger partial charge in [-0.1, -0.05) is 111 Å². The van der Waals surface area contributed by atoms with E-state index in [0.717, 1.165) is 5.56 Å². The van der Waals surface area contributed by atoms with Crippen LogP contribution in [0.2, 0.25) is 0 Å². The Morgan fingerprint density at radius 3 is 1.68 bits per heavy atom. The first-order valence-electron chi connectivity index (χ1n) is 14.2. The molecule has 0 aromatic heterocycles. The summed E-state index contributed by atoms with van der Waals surface area (Å²) in [6.07, 6.45) is 0. The Labute approximate surface area is 239 Å². The highest BCUT2D eigenvalue weighted by molar-refractivity contribution is 6.25. The Bertz CT molecular complexity index is 2230. The molecule has 0 spiro atoms. The third-order valence-electron chi connectivity index (χ3n) is 9.08. The van der Waals surface area contributed by atoms with Crippen molar-refractivity contribution in [2.75, 3.05) is 0 Å². The zero-order valence-corrected chi connectivity index (χ0v) is 23.1. The smallest absolute Gasteiger partial charge is 0.0991 e. The van der Waals surface area contributed by atoms with Gasteiger partial charge in [0.2, 0.25) is 0 Å². The molecule has 0 atom stereocenters.